The molecule has 1 fully saturated rings. The summed E-state index contributed by atoms with van der Waals surface area (Å²) < 4.78 is 0. The van der Waals surface area contributed by atoms with Gasteiger partial charge in [-0.15, -0.1) is 0 Å². The molecule has 1 heterocycles. The molecule has 0 spiro atoms. The van der Waals surface area contributed by atoms with Crippen LogP contribution in [0.5, 0.6) is 0 Å². The van der Waals surface area contributed by atoms with Crippen LogP contribution in [0.25, 0.3) is 0 Å². The first kappa shape index (κ1) is 68.5. The van der Waals surface area contributed by atoms with Crippen molar-refractivity contribution >= 4 is 59.1 Å². The van der Waals surface area contributed by atoms with Crippen LogP contribution >= 0.6 is 0 Å². The van der Waals surface area contributed by atoms with Gasteiger partial charge >= 0.3 is 0 Å². The topological polar surface area (TPSA) is 436 Å². The molecular weight excluding hydrogens is 989 g/mol. The van der Waals surface area contributed by atoms with E-state index in [9.17, 15) is 58.2 Å². The number of amides is 10. The van der Waals surface area contributed by atoms with Gasteiger partial charge in [-0.1, -0.05) is 67.2 Å². The molecule has 26 heteroatoms. The highest BCUT2D eigenvalue weighted by molar-refractivity contribution is 5.98. The zero-order chi connectivity index (χ0) is 57.7. The van der Waals surface area contributed by atoms with Gasteiger partial charge in [-0.05, 0) is 109 Å². The molecule has 10 amide bonds. The molecule has 0 aromatic rings. The van der Waals surface area contributed by atoms with E-state index in [4.69, 9.17) is 22.9 Å². The predicted molar refractivity (Wildman–Crippen MR) is 285 cm³/mol. The van der Waals surface area contributed by atoms with Gasteiger partial charge in [0, 0.05) is 13.0 Å². The summed E-state index contributed by atoms with van der Waals surface area (Å²) in [5.41, 5.74) is 23.4. The van der Waals surface area contributed by atoms with Crippen LogP contribution in [0.2, 0.25) is 0 Å². The number of aliphatic hydroxyl groups is 2. The zero-order valence-corrected chi connectivity index (χ0v) is 46.1. The minimum Gasteiger partial charge on any atom is -0.391 e. The highest BCUT2D eigenvalue weighted by Gasteiger charge is 2.37. The Morgan fingerprint density at radius 3 is 1.46 bits per heavy atom. The first-order chi connectivity index (χ1) is 35.8. The van der Waals surface area contributed by atoms with Crippen LogP contribution in [0.3, 0.4) is 0 Å². The van der Waals surface area contributed by atoms with Gasteiger partial charge in [0.1, 0.15) is 54.4 Å². The number of hydrogen-bond acceptors (Lipinski definition) is 16. The summed E-state index contributed by atoms with van der Waals surface area (Å²) in [5, 5.41) is 46.9. The molecule has 26 nitrogen and oxygen atoms in total. The normalized spacial score (nSPS) is 24.0. The van der Waals surface area contributed by atoms with E-state index in [1.165, 1.54) is 13.8 Å². The van der Waals surface area contributed by atoms with Crippen LogP contribution in [0.15, 0.2) is 0 Å². The van der Waals surface area contributed by atoms with Crippen molar-refractivity contribution in [2.24, 2.45) is 40.7 Å². The van der Waals surface area contributed by atoms with Crippen LogP contribution in [-0.2, 0) is 47.9 Å². The van der Waals surface area contributed by atoms with Crippen molar-refractivity contribution in [2.75, 3.05) is 32.7 Å². The van der Waals surface area contributed by atoms with Crippen LogP contribution < -0.4 is 76.1 Å². The lowest BCUT2D eigenvalue weighted by Crippen LogP contribution is -2.61. The molecule has 1 saturated heterocycles. The zero-order valence-electron chi connectivity index (χ0n) is 46.1. The maximum Gasteiger partial charge on any atom is 0.245 e. The molecule has 0 aromatic heterocycles. The fraction of sp³-hybridized carbons (Fsp3) is 0.800. The minimum absolute atomic E-state index is 0.0673. The van der Waals surface area contributed by atoms with Crippen molar-refractivity contribution in [2.45, 2.75) is 205 Å². The Kier molecular flexibility index (Phi) is 32.9. The Bertz CT molecular complexity index is 1870. The maximum absolute atomic E-state index is 14.3. The lowest BCUT2D eigenvalue weighted by molar-refractivity contribution is -0.136. The molecule has 0 aliphatic carbocycles. The fourth-order valence-corrected chi connectivity index (χ4v) is 8.49. The van der Waals surface area contributed by atoms with Gasteiger partial charge < -0.3 is 86.3 Å². The van der Waals surface area contributed by atoms with E-state index in [0.717, 1.165) is 25.7 Å². The Morgan fingerprint density at radius 2 is 1.03 bits per heavy atom. The first-order valence-corrected chi connectivity index (χ1v) is 27.0. The smallest absolute Gasteiger partial charge is 0.245 e. The highest BCUT2D eigenvalue weighted by atomic mass is 16.3. The van der Waals surface area contributed by atoms with Crippen LogP contribution in [0.1, 0.15) is 139 Å². The number of nitrogens with two attached hydrogens (primary N) is 4. The third-order valence-electron chi connectivity index (χ3n) is 12.7. The van der Waals surface area contributed by atoms with Crippen LogP contribution in [0.4, 0.5) is 0 Å². The average molecular weight is 1080 g/mol. The second kappa shape index (κ2) is 36.5. The third-order valence-corrected chi connectivity index (χ3v) is 12.7. The van der Waals surface area contributed by atoms with Gasteiger partial charge in [0.25, 0.3) is 0 Å². The van der Waals surface area contributed by atoms with E-state index in [1.807, 2.05) is 0 Å². The fourth-order valence-electron chi connectivity index (χ4n) is 8.49. The standard InChI is InChI=1S/C50H94N14O12/c1-9-12-29(6)13-10-11-14-39(67)63-41(31(8)66)50(76)60-34(17-22-53)43(69)59-36-19-24-55-49(75)40(30(7)65)64-46(72)35(18-23-54)57-42(68)32(15-20-51)58-47(73)37(25-27(2)3)62-48(74)38(26-28(4)5)61-44(70)33(16-21-52)56-45(36)71/h27-38,40-41,65-66H,9-26,51-54H2,1-8H3,(H,55,75)(H,56,71)(H,57,68)(H,58,73)(H,59,69)(H,60,76)(H,61,70)(H,62,74)(H,63,67)(H,64,72). The molecular formula is C50H94N14O12. The number of carbonyl (C=O) groups excluding carboxylic acids is 10. The Labute approximate surface area is 448 Å². The molecule has 1 aliphatic rings. The molecule has 20 N–H and O–H groups in total. The molecule has 12 unspecified atom stereocenters. The molecule has 1 aliphatic heterocycles. The third kappa shape index (κ3) is 25.5. The van der Waals surface area contributed by atoms with E-state index < -0.39 is 139 Å². The number of hydrogen-bond donors (Lipinski definition) is 16. The Hall–Kier alpha value is -5.54. The second-order valence-corrected chi connectivity index (χ2v) is 20.7. The Morgan fingerprint density at radius 1 is 0.566 bits per heavy atom. The van der Waals surface area contributed by atoms with Gasteiger partial charge in [-0.2, -0.15) is 0 Å². The maximum atomic E-state index is 14.3. The summed E-state index contributed by atoms with van der Waals surface area (Å²) >= 11 is 0. The van der Waals surface area contributed by atoms with Crippen molar-refractivity contribution in [3.05, 3.63) is 0 Å². The molecule has 76 heavy (non-hydrogen) atoms. The first-order valence-electron chi connectivity index (χ1n) is 27.0. The van der Waals surface area contributed by atoms with Gasteiger partial charge in [0.2, 0.25) is 59.1 Å². The van der Waals surface area contributed by atoms with Crippen molar-refractivity contribution in [1.29, 1.82) is 0 Å². The van der Waals surface area contributed by atoms with E-state index in [-0.39, 0.29) is 83.0 Å². The van der Waals surface area contributed by atoms with Crippen LogP contribution in [0, 0.1) is 17.8 Å². The van der Waals surface area contributed by atoms with Gasteiger partial charge in [-0.3, -0.25) is 47.9 Å². The summed E-state index contributed by atoms with van der Waals surface area (Å²) in [4.78, 5) is 138. The summed E-state index contributed by atoms with van der Waals surface area (Å²) in [6.07, 6.45) is 0.683. The molecule has 0 bridgehead atoms. The molecule has 1 rings (SSSR count). The molecule has 0 radical (unpaired) electrons. The summed E-state index contributed by atoms with van der Waals surface area (Å²) in [6, 6.07) is -12.8. The molecule has 0 aromatic carbocycles. The molecule has 12 atom stereocenters. The van der Waals surface area contributed by atoms with Crippen molar-refractivity contribution in [1.82, 2.24) is 53.2 Å². The summed E-state index contributed by atoms with van der Waals surface area (Å²) in [7, 11) is 0. The summed E-state index contributed by atoms with van der Waals surface area (Å²) in [6.45, 7) is 13.0. The van der Waals surface area contributed by atoms with Crippen molar-refractivity contribution in [3.8, 4) is 0 Å². The van der Waals surface area contributed by atoms with E-state index in [2.05, 4.69) is 67.0 Å². The van der Waals surface area contributed by atoms with Crippen molar-refractivity contribution < 1.29 is 58.2 Å². The lowest BCUT2D eigenvalue weighted by Gasteiger charge is -2.29. The van der Waals surface area contributed by atoms with Gasteiger partial charge in [0.05, 0.1) is 12.2 Å². The Balaban J connectivity index is 3.80. The summed E-state index contributed by atoms with van der Waals surface area (Å²) in [5.74, 6) is -8.31. The monoisotopic (exact) mass is 1080 g/mol. The van der Waals surface area contributed by atoms with E-state index in [1.54, 1.807) is 27.7 Å². The largest absolute Gasteiger partial charge is 0.391 e. The van der Waals surface area contributed by atoms with Crippen LogP contribution in [-0.4, -0.2) is 169 Å². The minimum atomic E-state index is -1.65. The van der Waals surface area contributed by atoms with Crippen molar-refractivity contribution in [3.63, 3.8) is 0 Å². The number of unbranched alkanes of at least 4 members (excludes halogenated alkanes) is 1. The molecule has 0 saturated carbocycles. The SMILES string of the molecule is CCCC(C)CCCCC(=O)NC(C(=O)NC(CCN)C(=O)NC1CCNC(=O)C(C(C)O)NC(=O)C(CCN)NC(=O)C(CCN)NC(=O)C(CC(C)C)NC(=O)C(CC(C)C)NC(=O)C(CCN)NC1=O)C(C)O. The number of rotatable bonds is 26. The van der Waals surface area contributed by atoms with Gasteiger partial charge in [0.15, 0.2) is 0 Å². The number of aliphatic hydroxyl groups excluding tert-OH is 2. The lowest BCUT2D eigenvalue weighted by atomic mass is 9.98. The van der Waals surface area contributed by atoms with E-state index in [0.29, 0.717) is 12.3 Å². The quantitative estimate of drug-likeness (QED) is 0.0369. The van der Waals surface area contributed by atoms with E-state index >= 15 is 0 Å². The second-order valence-electron chi connectivity index (χ2n) is 20.7. The molecule has 436 valence electrons. The number of nitrogens with one attached hydrogen (secondary N) is 10. The van der Waals surface area contributed by atoms with Gasteiger partial charge in [-0.25, -0.2) is 0 Å². The highest BCUT2D eigenvalue weighted by Crippen LogP contribution is 2.15. The number of carbonyl (C=O) groups is 10. The predicted octanol–water partition coefficient (Wildman–Crippen LogP) is -3.88. The average Bonchev–Trinajstić information content (AvgIpc) is 3.33.